The van der Waals surface area contributed by atoms with Gasteiger partial charge in [-0.15, -0.1) is 0 Å². The molecule has 0 bridgehead atoms. The molecule has 0 N–H and O–H groups in total. The highest BCUT2D eigenvalue weighted by Crippen LogP contribution is 2.35. The van der Waals surface area contributed by atoms with Gasteiger partial charge in [0.2, 0.25) is 11.6 Å². The van der Waals surface area contributed by atoms with Crippen LogP contribution in [0, 0.1) is 6.92 Å². The van der Waals surface area contributed by atoms with E-state index in [1.165, 1.54) is 0 Å². The number of methoxy groups -OCH3 is 1. The number of aryl methyl sites for hydroxylation is 1. The first-order chi connectivity index (χ1) is 21.0. The van der Waals surface area contributed by atoms with Crippen molar-refractivity contribution >= 4 is 11.6 Å². The predicted octanol–water partition coefficient (Wildman–Crippen LogP) is 8.26. The molecule has 6 rings (SSSR count). The van der Waals surface area contributed by atoms with Crippen LogP contribution in [-0.2, 0) is 0 Å². The van der Waals surface area contributed by atoms with Crippen molar-refractivity contribution in [3.63, 3.8) is 0 Å². The van der Waals surface area contributed by atoms with Crippen molar-refractivity contribution in [1.82, 2.24) is 9.97 Å². The normalized spacial score (nSPS) is 10.7. The molecule has 5 heteroatoms. The summed E-state index contributed by atoms with van der Waals surface area (Å²) in [6.45, 7) is 2.07. The number of carbonyl (C=O) groups excluding carboxylic acids is 2. The molecule has 2 aromatic heterocycles. The third-order valence-corrected chi connectivity index (χ3v) is 7.45. The third kappa shape index (κ3) is 5.74. The van der Waals surface area contributed by atoms with E-state index in [0.29, 0.717) is 28.3 Å². The largest absolute Gasteiger partial charge is 0.496 e. The molecule has 5 nitrogen and oxygen atoms in total. The van der Waals surface area contributed by atoms with E-state index in [0.717, 1.165) is 38.9 Å². The number of nitrogens with zero attached hydrogens (tertiary/aromatic N) is 2. The zero-order valence-electron chi connectivity index (χ0n) is 23.8. The van der Waals surface area contributed by atoms with E-state index >= 15 is 0 Å². The molecule has 0 saturated carbocycles. The van der Waals surface area contributed by atoms with Crippen molar-refractivity contribution < 1.29 is 14.3 Å². The number of benzene rings is 4. The molecule has 0 spiro atoms. The van der Waals surface area contributed by atoms with Gasteiger partial charge in [0.1, 0.15) is 17.1 Å². The Kier molecular flexibility index (Phi) is 7.70. The Bertz CT molecular complexity index is 1920. The maximum Gasteiger partial charge on any atom is 0.211 e. The monoisotopic (exact) mass is 560 g/mol. The highest BCUT2D eigenvalue weighted by atomic mass is 16.5. The fourth-order valence-electron chi connectivity index (χ4n) is 5.13. The van der Waals surface area contributed by atoms with Gasteiger partial charge in [0.15, 0.2) is 0 Å². The van der Waals surface area contributed by atoms with E-state index in [9.17, 15) is 9.59 Å². The van der Waals surface area contributed by atoms with Crippen LogP contribution >= 0.6 is 0 Å². The van der Waals surface area contributed by atoms with E-state index in [4.69, 9.17) is 4.74 Å². The highest BCUT2D eigenvalue weighted by Gasteiger charge is 2.14. The smallest absolute Gasteiger partial charge is 0.211 e. The number of carbonyl (C=O) groups is 2. The molecule has 0 amide bonds. The van der Waals surface area contributed by atoms with Gasteiger partial charge in [0, 0.05) is 40.2 Å². The van der Waals surface area contributed by atoms with Crippen LogP contribution < -0.4 is 4.74 Å². The molecule has 0 fully saturated rings. The zero-order valence-corrected chi connectivity index (χ0v) is 23.8. The lowest BCUT2D eigenvalue weighted by atomic mass is 9.94. The lowest BCUT2D eigenvalue weighted by Crippen LogP contribution is -2.03. The van der Waals surface area contributed by atoms with Gasteiger partial charge in [-0.25, -0.2) is 0 Å². The lowest BCUT2D eigenvalue weighted by Gasteiger charge is -2.13. The SMILES string of the molecule is COc1cc(-c2ccc(-c3ccc(C(=O)c4ccccc4)nc3)c(C)c2)ccc1-c1ccc(C(=O)c2ccccc2)nc1. The van der Waals surface area contributed by atoms with Gasteiger partial charge in [0.25, 0.3) is 0 Å². The molecule has 43 heavy (non-hydrogen) atoms. The summed E-state index contributed by atoms with van der Waals surface area (Å²) in [6.07, 6.45) is 3.46. The van der Waals surface area contributed by atoms with Gasteiger partial charge in [-0.3, -0.25) is 19.6 Å². The number of ketones is 2. The van der Waals surface area contributed by atoms with Crippen molar-refractivity contribution in [2.24, 2.45) is 0 Å². The van der Waals surface area contributed by atoms with Crippen LogP contribution in [0.25, 0.3) is 33.4 Å². The summed E-state index contributed by atoms with van der Waals surface area (Å²) in [4.78, 5) is 34.4. The van der Waals surface area contributed by atoms with Gasteiger partial charge < -0.3 is 4.74 Å². The van der Waals surface area contributed by atoms with E-state index in [2.05, 4.69) is 41.2 Å². The summed E-state index contributed by atoms with van der Waals surface area (Å²) in [5.74, 6) is 0.510. The van der Waals surface area contributed by atoms with Gasteiger partial charge >= 0.3 is 0 Å². The van der Waals surface area contributed by atoms with Crippen LogP contribution in [0.3, 0.4) is 0 Å². The van der Waals surface area contributed by atoms with Gasteiger partial charge in [-0.1, -0.05) is 97.1 Å². The van der Waals surface area contributed by atoms with Crippen LogP contribution in [0.1, 0.15) is 37.7 Å². The standard InChI is InChI=1S/C38H28N2O3/c1-25-21-28(13-17-32(25)30-15-19-34(39-23-30)37(41)26-9-5-3-6-10-26)29-14-18-33(36(22-29)43-2)31-16-20-35(40-24-31)38(42)27-11-7-4-8-12-27/h3-24H,1-2H3. The van der Waals surface area contributed by atoms with Crippen LogP contribution in [0.15, 0.2) is 134 Å². The molecular formula is C38H28N2O3. The molecule has 0 aliphatic rings. The quantitative estimate of drug-likeness (QED) is 0.175. The highest BCUT2D eigenvalue weighted by molar-refractivity contribution is 6.08. The maximum absolute atomic E-state index is 12.8. The first-order valence-electron chi connectivity index (χ1n) is 13.9. The second kappa shape index (κ2) is 12.0. The Hall–Kier alpha value is -5.68. The summed E-state index contributed by atoms with van der Waals surface area (Å²) in [6, 6.07) is 38.0. The fourth-order valence-corrected chi connectivity index (χ4v) is 5.13. The topological polar surface area (TPSA) is 69.2 Å². The maximum atomic E-state index is 12.8. The van der Waals surface area contributed by atoms with Crippen molar-refractivity contribution in [2.75, 3.05) is 7.11 Å². The fraction of sp³-hybridized carbons (Fsp3) is 0.0526. The van der Waals surface area contributed by atoms with Crippen LogP contribution in [-0.4, -0.2) is 28.6 Å². The second-order valence-electron chi connectivity index (χ2n) is 10.2. The number of aromatic nitrogens is 2. The number of ether oxygens (including phenoxy) is 1. The van der Waals surface area contributed by atoms with Gasteiger partial charge in [-0.2, -0.15) is 0 Å². The van der Waals surface area contributed by atoms with Gasteiger partial charge in [0.05, 0.1) is 7.11 Å². The summed E-state index contributed by atoms with van der Waals surface area (Å²) < 4.78 is 5.76. The Labute approximate surface area is 250 Å². The molecule has 0 radical (unpaired) electrons. The number of rotatable bonds is 8. The van der Waals surface area contributed by atoms with Crippen molar-refractivity contribution in [3.8, 4) is 39.1 Å². The summed E-state index contributed by atoms with van der Waals surface area (Å²) in [5, 5.41) is 0. The van der Waals surface area contributed by atoms with Crippen LogP contribution in [0.4, 0.5) is 0 Å². The number of pyridine rings is 2. The van der Waals surface area contributed by atoms with E-state index in [-0.39, 0.29) is 11.6 Å². The molecule has 0 unspecified atom stereocenters. The Morgan fingerprint density at radius 3 is 1.47 bits per heavy atom. The third-order valence-electron chi connectivity index (χ3n) is 7.45. The minimum atomic E-state index is -0.110. The Balaban J connectivity index is 1.22. The molecule has 6 aromatic rings. The molecule has 208 valence electrons. The molecular weight excluding hydrogens is 532 g/mol. The summed E-state index contributed by atoms with van der Waals surface area (Å²) in [7, 11) is 1.65. The minimum Gasteiger partial charge on any atom is -0.496 e. The van der Waals surface area contributed by atoms with Crippen molar-refractivity contribution in [2.45, 2.75) is 6.92 Å². The first kappa shape index (κ1) is 27.5. The molecule has 2 heterocycles. The molecule has 0 atom stereocenters. The second-order valence-corrected chi connectivity index (χ2v) is 10.2. The van der Waals surface area contributed by atoms with E-state index in [1.54, 1.807) is 55.9 Å². The average molecular weight is 561 g/mol. The molecule has 0 aliphatic carbocycles. The summed E-state index contributed by atoms with van der Waals surface area (Å²) in [5.41, 5.74) is 8.96. The Morgan fingerprint density at radius 1 is 0.535 bits per heavy atom. The lowest BCUT2D eigenvalue weighted by molar-refractivity contribution is 0.102. The van der Waals surface area contributed by atoms with Crippen LogP contribution in [0.5, 0.6) is 5.75 Å². The average Bonchev–Trinajstić information content (AvgIpc) is 3.08. The van der Waals surface area contributed by atoms with E-state index in [1.807, 2.05) is 60.7 Å². The van der Waals surface area contributed by atoms with Crippen LogP contribution in [0.2, 0.25) is 0 Å². The first-order valence-corrected chi connectivity index (χ1v) is 13.9. The Morgan fingerprint density at radius 2 is 1.00 bits per heavy atom. The molecule has 0 aliphatic heterocycles. The molecule has 0 saturated heterocycles. The van der Waals surface area contributed by atoms with Gasteiger partial charge in [-0.05, 0) is 53.4 Å². The summed E-state index contributed by atoms with van der Waals surface area (Å²) >= 11 is 0. The van der Waals surface area contributed by atoms with Crippen molar-refractivity contribution in [1.29, 1.82) is 0 Å². The van der Waals surface area contributed by atoms with Crippen molar-refractivity contribution in [3.05, 3.63) is 162 Å². The number of hydrogen-bond donors (Lipinski definition) is 0. The van der Waals surface area contributed by atoms with E-state index < -0.39 is 0 Å². The zero-order chi connectivity index (χ0) is 29.8. The number of hydrogen-bond acceptors (Lipinski definition) is 5. The minimum absolute atomic E-state index is 0.0935. The molecule has 4 aromatic carbocycles. The predicted molar refractivity (Wildman–Crippen MR) is 169 cm³/mol.